The predicted molar refractivity (Wildman–Crippen MR) is 91.6 cm³/mol. The van der Waals surface area contributed by atoms with Crippen molar-refractivity contribution in [3.05, 3.63) is 17.0 Å². The molecule has 3 nitrogen and oxygen atoms in total. The van der Waals surface area contributed by atoms with Gasteiger partial charge in [0.1, 0.15) is 0 Å². The molecule has 0 aliphatic carbocycles. The van der Waals surface area contributed by atoms with Crippen LogP contribution < -0.4 is 5.73 Å². The Morgan fingerprint density at radius 1 is 0.952 bits per heavy atom. The largest absolute Gasteiger partial charge is 0.324 e. The number of nitrogens with zero attached hydrogens (tertiary/aromatic N) is 2. The minimum absolute atomic E-state index is 0.0951. The molecule has 0 spiro atoms. The highest BCUT2D eigenvalue weighted by Crippen LogP contribution is 2.22. The van der Waals surface area contributed by atoms with Crippen LogP contribution in [0.2, 0.25) is 0 Å². The highest BCUT2D eigenvalue weighted by Gasteiger charge is 2.17. The molecule has 0 saturated heterocycles. The van der Waals surface area contributed by atoms with E-state index >= 15 is 0 Å². The van der Waals surface area contributed by atoms with Crippen molar-refractivity contribution in [3.63, 3.8) is 0 Å². The molecule has 3 heteroatoms. The van der Waals surface area contributed by atoms with Crippen LogP contribution in [-0.4, -0.2) is 9.78 Å². The van der Waals surface area contributed by atoms with Gasteiger partial charge < -0.3 is 5.73 Å². The molecule has 1 aromatic heterocycles. The van der Waals surface area contributed by atoms with E-state index in [2.05, 4.69) is 32.4 Å². The molecule has 0 radical (unpaired) electrons. The van der Waals surface area contributed by atoms with Crippen LogP contribution in [0.5, 0.6) is 0 Å². The molecule has 1 rings (SSSR count). The Labute approximate surface area is 131 Å². The molecule has 0 fully saturated rings. The fourth-order valence-corrected chi connectivity index (χ4v) is 3.13. The molecule has 0 bridgehead atoms. The van der Waals surface area contributed by atoms with E-state index < -0.39 is 0 Å². The minimum Gasteiger partial charge on any atom is -0.324 e. The van der Waals surface area contributed by atoms with Gasteiger partial charge in [0, 0.05) is 23.8 Å². The molecule has 122 valence electrons. The van der Waals surface area contributed by atoms with Crippen molar-refractivity contribution < 1.29 is 0 Å². The molecule has 1 aromatic rings. The summed E-state index contributed by atoms with van der Waals surface area (Å²) < 4.78 is 2.23. The second kappa shape index (κ2) is 9.99. The Morgan fingerprint density at radius 2 is 1.57 bits per heavy atom. The van der Waals surface area contributed by atoms with E-state index in [1.807, 2.05) is 0 Å². The maximum Gasteiger partial charge on any atom is 0.0672 e. The van der Waals surface area contributed by atoms with E-state index in [4.69, 9.17) is 10.8 Å². The standard InChI is InChI=1S/C18H35N3/c1-5-8-9-10-11-12-13-14-21-17(7-3)18(15(4)19)16(6-2)20-21/h15H,5-14,19H2,1-4H3. The Bertz CT molecular complexity index is 393. The molecule has 21 heavy (non-hydrogen) atoms. The van der Waals surface area contributed by atoms with E-state index in [1.54, 1.807) is 0 Å². The third-order valence-electron chi connectivity index (χ3n) is 4.27. The van der Waals surface area contributed by atoms with Gasteiger partial charge in [0.25, 0.3) is 0 Å². The summed E-state index contributed by atoms with van der Waals surface area (Å²) in [6, 6.07) is 0.0951. The van der Waals surface area contributed by atoms with Gasteiger partial charge in [-0.3, -0.25) is 4.68 Å². The third-order valence-corrected chi connectivity index (χ3v) is 4.27. The van der Waals surface area contributed by atoms with E-state index in [0.717, 1.165) is 19.4 Å². The highest BCUT2D eigenvalue weighted by atomic mass is 15.3. The van der Waals surface area contributed by atoms with Gasteiger partial charge in [-0.1, -0.05) is 59.3 Å². The number of hydrogen-bond donors (Lipinski definition) is 1. The zero-order valence-electron chi connectivity index (χ0n) is 14.6. The Balaban J connectivity index is 2.51. The first kappa shape index (κ1) is 18.2. The van der Waals surface area contributed by atoms with Crippen LogP contribution in [0.3, 0.4) is 0 Å². The molecular formula is C18H35N3. The zero-order chi connectivity index (χ0) is 15.7. The summed E-state index contributed by atoms with van der Waals surface area (Å²) in [5.41, 5.74) is 10.00. The molecule has 0 saturated carbocycles. The van der Waals surface area contributed by atoms with Gasteiger partial charge in [0.15, 0.2) is 0 Å². The SMILES string of the molecule is CCCCCCCCCn1nc(CC)c(C(C)N)c1CC. The smallest absolute Gasteiger partial charge is 0.0672 e. The van der Waals surface area contributed by atoms with E-state index in [-0.39, 0.29) is 6.04 Å². The molecule has 0 aliphatic rings. The van der Waals surface area contributed by atoms with Crippen molar-refractivity contribution in [2.24, 2.45) is 5.73 Å². The maximum atomic E-state index is 6.15. The third kappa shape index (κ3) is 5.46. The van der Waals surface area contributed by atoms with Crippen molar-refractivity contribution in [2.45, 2.75) is 98.1 Å². The van der Waals surface area contributed by atoms with Crippen molar-refractivity contribution in [1.29, 1.82) is 0 Å². The average Bonchev–Trinajstić information content (AvgIpc) is 2.84. The van der Waals surface area contributed by atoms with E-state index in [1.165, 1.54) is 61.9 Å². The van der Waals surface area contributed by atoms with Crippen LogP contribution in [0.4, 0.5) is 0 Å². The number of hydrogen-bond acceptors (Lipinski definition) is 2. The van der Waals surface area contributed by atoms with Crippen molar-refractivity contribution in [1.82, 2.24) is 9.78 Å². The van der Waals surface area contributed by atoms with Gasteiger partial charge in [-0.2, -0.15) is 5.10 Å². The summed E-state index contributed by atoms with van der Waals surface area (Å²) in [6.07, 6.45) is 11.4. The fourth-order valence-electron chi connectivity index (χ4n) is 3.13. The van der Waals surface area contributed by atoms with Gasteiger partial charge in [-0.15, -0.1) is 0 Å². The molecule has 1 unspecified atom stereocenters. The van der Waals surface area contributed by atoms with Crippen molar-refractivity contribution in [2.75, 3.05) is 0 Å². The Kier molecular flexibility index (Phi) is 8.67. The summed E-state index contributed by atoms with van der Waals surface area (Å²) in [6.45, 7) is 9.78. The normalized spacial score (nSPS) is 12.8. The topological polar surface area (TPSA) is 43.8 Å². The number of aryl methyl sites for hydroxylation is 2. The first-order valence-corrected chi connectivity index (χ1v) is 8.99. The molecule has 0 aromatic carbocycles. The van der Waals surface area contributed by atoms with Crippen LogP contribution >= 0.6 is 0 Å². The van der Waals surface area contributed by atoms with Crippen LogP contribution in [0, 0.1) is 0 Å². The summed E-state index contributed by atoms with van der Waals surface area (Å²) in [5.74, 6) is 0. The van der Waals surface area contributed by atoms with Crippen molar-refractivity contribution >= 4 is 0 Å². The number of rotatable bonds is 11. The molecule has 2 N–H and O–H groups in total. The molecular weight excluding hydrogens is 258 g/mol. The number of nitrogens with two attached hydrogens (primary N) is 1. The lowest BCUT2D eigenvalue weighted by atomic mass is 10.0. The quantitative estimate of drug-likeness (QED) is 0.597. The summed E-state index contributed by atoms with van der Waals surface area (Å²) >= 11 is 0. The van der Waals surface area contributed by atoms with Crippen LogP contribution in [-0.2, 0) is 19.4 Å². The maximum absolute atomic E-state index is 6.15. The molecule has 0 amide bonds. The number of unbranched alkanes of at least 4 members (excludes halogenated alkanes) is 6. The molecule has 1 heterocycles. The van der Waals surface area contributed by atoms with Crippen LogP contribution in [0.15, 0.2) is 0 Å². The van der Waals surface area contributed by atoms with E-state index in [9.17, 15) is 0 Å². The first-order chi connectivity index (χ1) is 10.2. The van der Waals surface area contributed by atoms with Gasteiger partial charge in [0.2, 0.25) is 0 Å². The second-order valence-corrected chi connectivity index (χ2v) is 6.15. The van der Waals surface area contributed by atoms with Crippen LogP contribution in [0.1, 0.15) is 95.6 Å². The first-order valence-electron chi connectivity index (χ1n) is 8.99. The summed E-state index contributed by atoms with van der Waals surface area (Å²) in [5, 5.41) is 4.80. The lowest BCUT2D eigenvalue weighted by molar-refractivity contribution is 0.508. The molecule has 1 atom stereocenters. The van der Waals surface area contributed by atoms with Gasteiger partial charge in [0.05, 0.1) is 5.69 Å². The predicted octanol–water partition coefficient (Wildman–Crippen LogP) is 4.78. The minimum atomic E-state index is 0.0951. The fraction of sp³-hybridized carbons (Fsp3) is 0.833. The van der Waals surface area contributed by atoms with Gasteiger partial charge in [-0.25, -0.2) is 0 Å². The molecule has 0 aliphatic heterocycles. The highest BCUT2D eigenvalue weighted by molar-refractivity contribution is 5.29. The number of aromatic nitrogens is 2. The van der Waals surface area contributed by atoms with E-state index in [0.29, 0.717) is 0 Å². The van der Waals surface area contributed by atoms with Crippen LogP contribution in [0.25, 0.3) is 0 Å². The monoisotopic (exact) mass is 293 g/mol. The van der Waals surface area contributed by atoms with Gasteiger partial charge in [-0.05, 0) is 26.2 Å². The second-order valence-electron chi connectivity index (χ2n) is 6.15. The van der Waals surface area contributed by atoms with Crippen molar-refractivity contribution in [3.8, 4) is 0 Å². The zero-order valence-corrected chi connectivity index (χ0v) is 14.6. The van der Waals surface area contributed by atoms with Gasteiger partial charge >= 0.3 is 0 Å². The summed E-state index contributed by atoms with van der Waals surface area (Å²) in [7, 11) is 0. The Hall–Kier alpha value is -0.830. The average molecular weight is 293 g/mol. The lowest BCUT2D eigenvalue weighted by Crippen LogP contribution is -2.11. The lowest BCUT2D eigenvalue weighted by Gasteiger charge is -2.10. The summed E-state index contributed by atoms with van der Waals surface area (Å²) in [4.78, 5) is 0. The Morgan fingerprint density at radius 3 is 2.10 bits per heavy atom.